The van der Waals surface area contributed by atoms with Crippen molar-refractivity contribution in [2.45, 2.75) is 20.3 Å². The minimum Gasteiger partial charge on any atom is -0.258 e. The summed E-state index contributed by atoms with van der Waals surface area (Å²) >= 11 is 5.62. The van der Waals surface area contributed by atoms with E-state index in [2.05, 4.69) is 11.1 Å². The number of aryl methyl sites for hydroxylation is 3. The van der Waals surface area contributed by atoms with Crippen molar-refractivity contribution in [1.29, 1.82) is 0 Å². The summed E-state index contributed by atoms with van der Waals surface area (Å²) in [7, 11) is 0. The van der Waals surface area contributed by atoms with Gasteiger partial charge in [0.1, 0.15) is 0 Å². The van der Waals surface area contributed by atoms with E-state index < -0.39 is 0 Å². The Balaban J connectivity index is 2.90. The van der Waals surface area contributed by atoms with Crippen LogP contribution in [0.5, 0.6) is 0 Å². The van der Waals surface area contributed by atoms with E-state index >= 15 is 0 Å². The van der Waals surface area contributed by atoms with Crippen LogP contribution in [0.4, 0.5) is 0 Å². The quantitative estimate of drug-likeness (QED) is 0.620. The summed E-state index contributed by atoms with van der Waals surface area (Å²) in [6.45, 7) is 4.02. The predicted octanol–water partition coefficient (Wildman–Crippen LogP) is 2.48. The van der Waals surface area contributed by atoms with Crippen LogP contribution in [0.15, 0.2) is 12.1 Å². The number of hydrogen-bond donors (Lipinski definition) is 0. The Morgan fingerprint density at radius 2 is 2.09 bits per heavy atom. The zero-order chi connectivity index (χ0) is 8.27. The highest BCUT2D eigenvalue weighted by Crippen LogP contribution is 2.07. The van der Waals surface area contributed by atoms with Gasteiger partial charge in [0.15, 0.2) is 0 Å². The molecule has 1 aromatic heterocycles. The summed E-state index contributed by atoms with van der Waals surface area (Å²) in [5.41, 5.74) is 3.43. The van der Waals surface area contributed by atoms with Crippen LogP contribution in [-0.4, -0.2) is 10.9 Å². The van der Waals surface area contributed by atoms with Gasteiger partial charge in [-0.3, -0.25) is 4.98 Å². The van der Waals surface area contributed by atoms with Gasteiger partial charge in [-0.15, -0.1) is 11.6 Å². The summed E-state index contributed by atoms with van der Waals surface area (Å²) < 4.78 is 0. The Hall–Kier alpha value is -0.560. The molecule has 0 radical (unpaired) electrons. The van der Waals surface area contributed by atoms with Crippen LogP contribution in [-0.2, 0) is 6.42 Å². The summed E-state index contributed by atoms with van der Waals surface area (Å²) in [6.07, 6.45) is 0.917. The normalized spacial score (nSPS) is 10.1. The fourth-order valence-corrected chi connectivity index (χ4v) is 1.29. The molecular formula is C9H12ClN. The average molecular weight is 170 g/mol. The highest BCUT2D eigenvalue weighted by Gasteiger charge is 1.97. The van der Waals surface area contributed by atoms with E-state index in [0.29, 0.717) is 5.88 Å². The second-order valence-corrected chi connectivity index (χ2v) is 3.01. The molecule has 0 aromatic carbocycles. The molecule has 0 N–H and O–H groups in total. The van der Waals surface area contributed by atoms with E-state index in [9.17, 15) is 0 Å². The minimum absolute atomic E-state index is 0.672. The zero-order valence-electron chi connectivity index (χ0n) is 6.89. The molecule has 0 aliphatic rings. The standard InChI is InChI=1S/C9H12ClN/c1-7-3-4-9(5-6-10)8(2)11-7/h3-4H,5-6H2,1-2H3. The molecule has 1 aromatic rings. The van der Waals surface area contributed by atoms with E-state index in [1.807, 2.05) is 19.9 Å². The number of rotatable bonds is 2. The summed E-state index contributed by atoms with van der Waals surface area (Å²) in [5, 5.41) is 0. The van der Waals surface area contributed by atoms with Gasteiger partial charge in [-0.2, -0.15) is 0 Å². The maximum Gasteiger partial charge on any atom is 0.0408 e. The average Bonchev–Trinajstić information content (AvgIpc) is 1.95. The first kappa shape index (κ1) is 8.54. The molecule has 0 aliphatic carbocycles. The minimum atomic E-state index is 0.672. The monoisotopic (exact) mass is 169 g/mol. The maximum absolute atomic E-state index is 5.62. The van der Waals surface area contributed by atoms with Crippen molar-refractivity contribution in [2.24, 2.45) is 0 Å². The number of pyridine rings is 1. The lowest BCUT2D eigenvalue weighted by Gasteiger charge is -2.02. The molecule has 11 heavy (non-hydrogen) atoms. The number of aromatic nitrogens is 1. The molecule has 0 atom stereocenters. The largest absolute Gasteiger partial charge is 0.258 e. The van der Waals surface area contributed by atoms with Crippen molar-refractivity contribution in [3.8, 4) is 0 Å². The summed E-state index contributed by atoms with van der Waals surface area (Å²) in [4.78, 5) is 4.33. The molecule has 0 bridgehead atoms. The van der Waals surface area contributed by atoms with E-state index in [4.69, 9.17) is 11.6 Å². The van der Waals surface area contributed by atoms with E-state index in [-0.39, 0.29) is 0 Å². The molecule has 0 aliphatic heterocycles. The second kappa shape index (κ2) is 3.72. The third kappa shape index (κ3) is 2.19. The first-order valence-corrected chi connectivity index (χ1v) is 4.26. The van der Waals surface area contributed by atoms with Gasteiger partial charge < -0.3 is 0 Å². The van der Waals surface area contributed by atoms with Gasteiger partial charge in [0, 0.05) is 17.3 Å². The SMILES string of the molecule is Cc1ccc(CCCl)c(C)n1. The van der Waals surface area contributed by atoms with Crippen molar-refractivity contribution >= 4 is 11.6 Å². The molecule has 0 unspecified atom stereocenters. The Bertz CT molecular complexity index is 245. The van der Waals surface area contributed by atoms with Crippen molar-refractivity contribution in [2.75, 3.05) is 5.88 Å². The Morgan fingerprint density at radius 3 is 2.64 bits per heavy atom. The topological polar surface area (TPSA) is 12.9 Å². The molecule has 60 valence electrons. The molecule has 2 heteroatoms. The lowest BCUT2D eigenvalue weighted by molar-refractivity contribution is 1.02. The van der Waals surface area contributed by atoms with Gasteiger partial charge in [0.25, 0.3) is 0 Å². The molecule has 0 fully saturated rings. The summed E-state index contributed by atoms with van der Waals surface area (Å²) in [5.74, 6) is 0.672. The number of alkyl halides is 1. The van der Waals surface area contributed by atoms with Gasteiger partial charge in [-0.05, 0) is 31.9 Å². The van der Waals surface area contributed by atoms with Crippen LogP contribution >= 0.6 is 11.6 Å². The first-order valence-electron chi connectivity index (χ1n) is 3.73. The van der Waals surface area contributed by atoms with Crippen LogP contribution < -0.4 is 0 Å². The van der Waals surface area contributed by atoms with Gasteiger partial charge in [-0.25, -0.2) is 0 Å². The molecule has 0 saturated carbocycles. The van der Waals surface area contributed by atoms with Crippen LogP contribution in [0, 0.1) is 13.8 Å². The second-order valence-electron chi connectivity index (χ2n) is 2.64. The van der Waals surface area contributed by atoms with Crippen molar-refractivity contribution < 1.29 is 0 Å². The predicted molar refractivity (Wildman–Crippen MR) is 48.1 cm³/mol. The van der Waals surface area contributed by atoms with Crippen LogP contribution in [0.2, 0.25) is 0 Å². The molecule has 0 amide bonds. The molecule has 1 heterocycles. The van der Waals surface area contributed by atoms with Gasteiger partial charge in [0.2, 0.25) is 0 Å². The Morgan fingerprint density at radius 1 is 1.36 bits per heavy atom. The molecule has 1 rings (SSSR count). The highest BCUT2D eigenvalue weighted by atomic mass is 35.5. The highest BCUT2D eigenvalue weighted by molar-refractivity contribution is 6.17. The van der Waals surface area contributed by atoms with E-state index in [1.165, 1.54) is 5.56 Å². The summed E-state index contributed by atoms with van der Waals surface area (Å²) in [6, 6.07) is 4.12. The smallest absolute Gasteiger partial charge is 0.0408 e. The molecule has 0 spiro atoms. The Kier molecular flexibility index (Phi) is 2.89. The van der Waals surface area contributed by atoms with Gasteiger partial charge >= 0.3 is 0 Å². The van der Waals surface area contributed by atoms with Gasteiger partial charge in [-0.1, -0.05) is 6.07 Å². The lowest BCUT2D eigenvalue weighted by atomic mass is 10.1. The number of halogens is 1. The number of nitrogens with zero attached hydrogens (tertiary/aromatic N) is 1. The molecule has 1 nitrogen and oxygen atoms in total. The first-order chi connectivity index (χ1) is 5.24. The number of hydrogen-bond acceptors (Lipinski definition) is 1. The van der Waals surface area contributed by atoms with Crippen molar-refractivity contribution in [3.05, 3.63) is 29.1 Å². The Labute approximate surface area is 72.4 Å². The van der Waals surface area contributed by atoms with Crippen LogP contribution in [0.3, 0.4) is 0 Å². The van der Waals surface area contributed by atoms with Crippen LogP contribution in [0.1, 0.15) is 17.0 Å². The van der Waals surface area contributed by atoms with Crippen molar-refractivity contribution in [3.63, 3.8) is 0 Å². The van der Waals surface area contributed by atoms with Gasteiger partial charge in [0.05, 0.1) is 0 Å². The van der Waals surface area contributed by atoms with E-state index in [0.717, 1.165) is 17.8 Å². The third-order valence-electron chi connectivity index (χ3n) is 1.70. The maximum atomic E-state index is 5.62. The fourth-order valence-electron chi connectivity index (χ4n) is 1.08. The fraction of sp³-hybridized carbons (Fsp3) is 0.444. The lowest BCUT2D eigenvalue weighted by Crippen LogP contribution is -1.94. The third-order valence-corrected chi connectivity index (χ3v) is 1.89. The van der Waals surface area contributed by atoms with E-state index in [1.54, 1.807) is 0 Å². The van der Waals surface area contributed by atoms with Crippen LogP contribution in [0.25, 0.3) is 0 Å². The van der Waals surface area contributed by atoms with Crippen molar-refractivity contribution in [1.82, 2.24) is 4.98 Å². The molecule has 0 saturated heterocycles. The molecular weight excluding hydrogens is 158 g/mol. The zero-order valence-corrected chi connectivity index (χ0v) is 7.65.